The fourth-order valence-corrected chi connectivity index (χ4v) is 2.42. The lowest BCUT2D eigenvalue weighted by Crippen LogP contribution is -2.09. The van der Waals surface area contributed by atoms with Crippen molar-refractivity contribution in [2.45, 2.75) is 12.3 Å². The van der Waals surface area contributed by atoms with Gasteiger partial charge in [0.2, 0.25) is 0 Å². The van der Waals surface area contributed by atoms with Gasteiger partial charge in [-0.2, -0.15) is 0 Å². The second kappa shape index (κ2) is 6.73. The number of hydrogen-bond donors (Lipinski definition) is 1. The summed E-state index contributed by atoms with van der Waals surface area (Å²) < 4.78 is 18.6. The largest absolute Gasteiger partial charge is 0.496 e. The molecule has 0 spiro atoms. The molecule has 2 aromatic rings. The number of ether oxygens (including phenoxy) is 1. The van der Waals surface area contributed by atoms with Crippen molar-refractivity contribution >= 4 is 11.6 Å². The molecule has 0 aliphatic heterocycles. The van der Waals surface area contributed by atoms with Gasteiger partial charge in [-0.1, -0.05) is 23.7 Å². The molecule has 0 aliphatic rings. The van der Waals surface area contributed by atoms with E-state index in [1.54, 1.807) is 31.4 Å². The molecule has 2 rings (SSSR count). The first-order chi connectivity index (χ1) is 9.63. The molecule has 0 aliphatic carbocycles. The third kappa shape index (κ3) is 3.50. The summed E-state index contributed by atoms with van der Waals surface area (Å²) in [4.78, 5) is 0. The Bertz CT molecular complexity index is 586. The zero-order valence-electron chi connectivity index (χ0n) is 11.1. The Labute approximate surface area is 122 Å². The first-order valence-electron chi connectivity index (χ1n) is 6.32. The summed E-state index contributed by atoms with van der Waals surface area (Å²) in [5.74, 6) is 0.210. The van der Waals surface area contributed by atoms with Crippen molar-refractivity contribution in [1.82, 2.24) is 0 Å². The standard InChI is InChI=1S/C16H16ClFO2/c1-20-16-6-5-14(17)8-12(16)7-13(10-19)11-3-2-4-15(18)9-11/h2-6,8-9,13,19H,7,10H2,1H3. The van der Waals surface area contributed by atoms with Crippen molar-refractivity contribution in [3.63, 3.8) is 0 Å². The van der Waals surface area contributed by atoms with E-state index in [9.17, 15) is 9.50 Å². The number of aliphatic hydroxyl groups excluding tert-OH is 1. The number of benzene rings is 2. The molecule has 4 heteroatoms. The number of rotatable bonds is 5. The van der Waals surface area contributed by atoms with Gasteiger partial charge in [0.05, 0.1) is 13.7 Å². The Morgan fingerprint density at radius 2 is 2.05 bits per heavy atom. The Hall–Kier alpha value is -1.58. The van der Waals surface area contributed by atoms with Gasteiger partial charge >= 0.3 is 0 Å². The lowest BCUT2D eigenvalue weighted by Gasteiger charge is -2.17. The van der Waals surface area contributed by atoms with Crippen LogP contribution < -0.4 is 4.74 Å². The molecule has 0 fully saturated rings. The number of hydrogen-bond acceptors (Lipinski definition) is 2. The summed E-state index contributed by atoms with van der Waals surface area (Å²) >= 11 is 5.99. The second-order valence-corrected chi connectivity index (χ2v) is 5.03. The Morgan fingerprint density at radius 3 is 2.70 bits per heavy atom. The molecular formula is C16H16ClFO2. The Morgan fingerprint density at radius 1 is 1.25 bits per heavy atom. The summed E-state index contributed by atoms with van der Waals surface area (Å²) in [5, 5.41) is 10.2. The third-order valence-corrected chi connectivity index (χ3v) is 3.48. The van der Waals surface area contributed by atoms with Crippen LogP contribution in [0.1, 0.15) is 17.0 Å². The maximum absolute atomic E-state index is 13.3. The molecule has 1 atom stereocenters. The normalized spacial score (nSPS) is 12.2. The topological polar surface area (TPSA) is 29.5 Å². The van der Waals surface area contributed by atoms with E-state index in [2.05, 4.69) is 0 Å². The van der Waals surface area contributed by atoms with E-state index >= 15 is 0 Å². The second-order valence-electron chi connectivity index (χ2n) is 4.59. The predicted molar refractivity (Wildman–Crippen MR) is 77.9 cm³/mol. The number of halogens is 2. The van der Waals surface area contributed by atoms with Crippen LogP contribution in [0.25, 0.3) is 0 Å². The SMILES string of the molecule is COc1ccc(Cl)cc1CC(CO)c1cccc(F)c1. The quantitative estimate of drug-likeness (QED) is 0.909. The molecule has 0 saturated heterocycles. The molecule has 0 heterocycles. The van der Waals surface area contributed by atoms with Crippen molar-refractivity contribution < 1.29 is 14.2 Å². The minimum Gasteiger partial charge on any atom is -0.496 e. The van der Waals surface area contributed by atoms with Crippen LogP contribution >= 0.6 is 11.6 Å². The fraction of sp³-hybridized carbons (Fsp3) is 0.250. The van der Waals surface area contributed by atoms with E-state index in [4.69, 9.17) is 16.3 Å². The van der Waals surface area contributed by atoms with Crippen molar-refractivity contribution in [1.29, 1.82) is 0 Å². The Balaban J connectivity index is 2.28. The minimum absolute atomic E-state index is 0.0703. The molecule has 0 amide bonds. The molecule has 0 aromatic heterocycles. The highest BCUT2D eigenvalue weighted by Gasteiger charge is 2.15. The van der Waals surface area contributed by atoms with Crippen molar-refractivity contribution in [2.24, 2.45) is 0 Å². The molecule has 1 N–H and O–H groups in total. The fourth-order valence-electron chi connectivity index (χ4n) is 2.22. The van der Waals surface area contributed by atoms with Crippen LogP contribution in [-0.4, -0.2) is 18.8 Å². The number of methoxy groups -OCH3 is 1. The van der Waals surface area contributed by atoms with E-state index < -0.39 is 0 Å². The number of aliphatic hydroxyl groups is 1. The van der Waals surface area contributed by atoms with E-state index in [0.29, 0.717) is 17.2 Å². The predicted octanol–water partition coefficient (Wildman–Crippen LogP) is 3.81. The van der Waals surface area contributed by atoms with Crippen molar-refractivity contribution in [2.75, 3.05) is 13.7 Å². The summed E-state index contributed by atoms with van der Waals surface area (Å²) in [5.41, 5.74) is 1.65. The van der Waals surface area contributed by atoms with Crippen LogP contribution in [0.3, 0.4) is 0 Å². The minimum atomic E-state index is -0.306. The van der Waals surface area contributed by atoms with Crippen LogP contribution in [-0.2, 0) is 6.42 Å². The zero-order valence-corrected chi connectivity index (χ0v) is 11.9. The van der Waals surface area contributed by atoms with Gasteiger partial charge in [-0.15, -0.1) is 0 Å². The van der Waals surface area contributed by atoms with Gasteiger partial charge in [-0.05, 0) is 47.9 Å². The van der Waals surface area contributed by atoms with Gasteiger partial charge in [0.15, 0.2) is 0 Å². The molecule has 0 saturated carbocycles. The molecule has 106 valence electrons. The highest BCUT2D eigenvalue weighted by molar-refractivity contribution is 6.30. The van der Waals surface area contributed by atoms with Crippen LogP contribution in [0.4, 0.5) is 4.39 Å². The highest BCUT2D eigenvalue weighted by Crippen LogP contribution is 2.29. The van der Waals surface area contributed by atoms with Crippen LogP contribution in [0.15, 0.2) is 42.5 Å². The van der Waals surface area contributed by atoms with Crippen LogP contribution in [0, 0.1) is 5.82 Å². The highest BCUT2D eigenvalue weighted by atomic mass is 35.5. The van der Waals surface area contributed by atoms with Gasteiger partial charge < -0.3 is 9.84 Å². The average molecular weight is 295 g/mol. The maximum Gasteiger partial charge on any atom is 0.123 e. The summed E-state index contributed by atoms with van der Waals surface area (Å²) in [6, 6.07) is 11.6. The van der Waals surface area contributed by atoms with Crippen molar-refractivity contribution in [3.05, 3.63) is 64.4 Å². The van der Waals surface area contributed by atoms with E-state index in [1.165, 1.54) is 12.1 Å². The van der Waals surface area contributed by atoms with Gasteiger partial charge in [-0.3, -0.25) is 0 Å². The van der Waals surface area contributed by atoms with Gasteiger partial charge in [-0.25, -0.2) is 4.39 Å². The summed E-state index contributed by atoms with van der Waals surface area (Å²) in [7, 11) is 1.59. The van der Waals surface area contributed by atoms with Crippen molar-refractivity contribution in [3.8, 4) is 5.75 Å². The molecule has 0 bridgehead atoms. The molecule has 0 radical (unpaired) electrons. The lowest BCUT2D eigenvalue weighted by atomic mass is 9.92. The summed E-state index contributed by atoms with van der Waals surface area (Å²) in [6.45, 7) is -0.0703. The maximum atomic E-state index is 13.3. The van der Waals surface area contributed by atoms with Gasteiger partial charge in [0.1, 0.15) is 11.6 Å². The van der Waals surface area contributed by atoms with E-state index in [1.807, 2.05) is 6.07 Å². The zero-order chi connectivity index (χ0) is 14.5. The smallest absolute Gasteiger partial charge is 0.123 e. The molecule has 1 unspecified atom stereocenters. The molecule has 2 nitrogen and oxygen atoms in total. The Kier molecular flexibility index (Phi) is 4.99. The first-order valence-corrected chi connectivity index (χ1v) is 6.70. The van der Waals surface area contributed by atoms with Crippen LogP contribution in [0.5, 0.6) is 5.75 Å². The molecular weight excluding hydrogens is 279 g/mol. The first kappa shape index (κ1) is 14.8. The van der Waals surface area contributed by atoms with Gasteiger partial charge in [0.25, 0.3) is 0 Å². The molecule has 2 aromatic carbocycles. The van der Waals surface area contributed by atoms with E-state index in [0.717, 1.165) is 11.1 Å². The van der Waals surface area contributed by atoms with Gasteiger partial charge in [0, 0.05) is 10.9 Å². The van der Waals surface area contributed by atoms with E-state index in [-0.39, 0.29) is 18.3 Å². The third-order valence-electron chi connectivity index (χ3n) is 3.25. The lowest BCUT2D eigenvalue weighted by molar-refractivity contribution is 0.263. The van der Waals surface area contributed by atoms with Crippen LogP contribution in [0.2, 0.25) is 5.02 Å². The monoisotopic (exact) mass is 294 g/mol. The summed E-state index contributed by atoms with van der Waals surface area (Å²) in [6.07, 6.45) is 0.531. The average Bonchev–Trinajstić information content (AvgIpc) is 2.45. The molecule has 20 heavy (non-hydrogen) atoms.